The molecule has 3 rings (SSSR count). The lowest BCUT2D eigenvalue weighted by Gasteiger charge is -2.17. The van der Waals surface area contributed by atoms with Crippen LogP contribution in [-0.2, 0) is 31.6 Å². The third-order valence-corrected chi connectivity index (χ3v) is 6.67. The maximum absolute atomic E-state index is 12.7. The van der Waals surface area contributed by atoms with E-state index in [0.717, 1.165) is 5.56 Å². The average molecular weight is 551 g/mol. The lowest BCUT2D eigenvalue weighted by molar-refractivity contribution is -0.137. The number of para-hydroxylation sites is 1. The molecule has 0 bridgehead atoms. The minimum atomic E-state index is -1.43. The molecular weight excluding hydrogens is 520 g/mol. The maximum Gasteiger partial charge on any atom is 0.323 e. The van der Waals surface area contributed by atoms with Gasteiger partial charge in [-0.2, -0.15) is 0 Å². The first-order valence-electron chi connectivity index (χ1n) is 12.0. The number of rotatable bonds is 10. The van der Waals surface area contributed by atoms with Gasteiger partial charge in [0.2, 0.25) is 11.8 Å². The Labute approximate surface area is 228 Å². The molecule has 3 aromatic rings. The van der Waals surface area contributed by atoms with Gasteiger partial charge in [-0.3, -0.25) is 18.6 Å². The zero-order valence-electron chi connectivity index (χ0n) is 21.7. The molecule has 204 valence electrons. The fourth-order valence-corrected chi connectivity index (χ4v) is 4.61. The van der Waals surface area contributed by atoms with Gasteiger partial charge in [0.05, 0.1) is 40.3 Å². The van der Waals surface area contributed by atoms with Crippen LogP contribution >= 0.6 is 0 Å². The lowest BCUT2D eigenvalue weighted by Crippen LogP contribution is -2.28. The lowest BCUT2D eigenvalue weighted by atomic mass is 10.0. The van der Waals surface area contributed by atoms with E-state index in [2.05, 4.69) is 21.3 Å². The largest absolute Gasteiger partial charge is 0.481 e. The standard InChI is InChI=1S/C28H30N4O6S/c1-17-6-4-5-7-22(17)31-28(37)32-23-13-8-19(14-25(23)39(3)38)15-26(34)30-21-11-9-20(10-12-21)24(16-27(35)36)29-18(2)33/h4-14,24H,15-16H2,1-3H3,(H,29,33)(H,30,34)(H,35,36)(H2,31,32,37). The predicted molar refractivity (Wildman–Crippen MR) is 150 cm³/mol. The SMILES string of the molecule is CC(=O)NC(CC(=O)O)c1ccc(NC(=O)Cc2ccc(NC(=O)Nc3ccccc3C)c(S(C)=O)c2)cc1. The number of carbonyl (C=O) groups is 4. The van der Waals surface area contributed by atoms with Gasteiger partial charge in [0.15, 0.2) is 0 Å². The van der Waals surface area contributed by atoms with Crippen molar-refractivity contribution in [2.45, 2.75) is 37.6 Å². The molecule has 2 unspecified atom stereocenters. The molecule has 2 atom stereocenters. The predicted octanol–water partition coefficient (Wildman–Crippen LogP) is 4.21. The number of hydrogen-bond acceptors (Lipinski definition) is 5. The Balaban J connectivity index is 1.65. The van der Waals surface area contributed by atoms with Gasteiger partial charge in [0.1, 0.15) is 0 Å². The van der Waals surface area contributed by atoms with Crippen molar-refractivity contribution in [1.29, 1.82) is 0 Å². The molecule has 0 radical (unpaired) electrons. The molecule has 11 heteroatoms. The quantitative estimate of drug-likeness (QED) is 0.255. The summed E-state index contributed by atoms with van der Waals surface area (Å²) in [7, 11) is -1.43. The minimum absolute atomic E-state index is 0.00479. The number of carboxylic acids is 1. The number of urea groups is 1. The molecule has 39 heavy (non-hydrogen) atoms. The number of carboxylic acid groups (broad SMARTS) is 1. The zero-order chi connectivity index (χ0) is 28.5. The Bertz CT molecular complexity index is 1390. The van der Waals surface area contributed by atoms with Crippen molar-refractivity contribution in [3.63, 3.8) is 0 Å². The molecule has 3 aromatic carbocycles. The monoisotopic (exact) mass is 550 g/mol. The summed E-state index contributed by atoms with van der Waals surface area (Å²) >= 11 is 0. The second kappa shape index (κ2) is 13.3. The van der Waals surface area contributed by atoms with Crippen LogP contribution in [0.1, 0.15) is 36.1 Å². The maximum atomic E-state index is 12.7. The number of amides is 4. The van der Waals surface area contributed by atoms with Crippen molar-refractivity contribution in [2.75, 3.05) is 22.2 Å². The van der Waals surface area contributed by atoms with Crippen LogP contribution < -0.4 is 21.3 Å². The van der Waals surface area contributed by atoms with Gasteiger partial charge in [0.25, 0.3) is 0 Å². The van der Waals surface area contributed by atoms with E-state index in [1.165, 1.54) is 13.2 Å². The fraction of sp³-hybridized carbons (Fsp3) is 0.214. The van der Waals surface area contributed by atoms with Gasteiger partial charge in [-0.25, -0.2) is 4.79 Å². The Kier molecular flexibility index (Phi) is 9.93. The first-order chi connectivity index (χ1) is 18.5. The third kappa shape index (κ3) is 8.78. The second-order valence-corrected chi connectivity index (χ2v) is 10.2. The minimum Gasteiger partial charge on any atom is -0.481 e. The van der Waals surface area contributed by atoms with E-state index in [-0.39, 0.29) is 24.7 Å². The second-order valence-electron chi connectivity index (χ2n) is 8.88. The normalized spacial score (nSPS) is 12.1. The van der Waals surface area contributed by atoms with Crippen molar-refractivity contribution < 1.29 is 28.5 Å². The van der Waals surface area contributed by atoms with E-state index in [9.17, 15) is 23.4 Å². The summed E-state index contributed by atoms with van der Waals surface area (Å²) in [5, 5.41) is 20.0. The highest BCUT2D eigenvalue weighted by molar-refractivity contribution is 7.84. The van der Waals surface area contributed by atoms with Gasteiger partial charge in [-0.15, -0.1) is 0 Å². The van der Waals surface area contributed by atoms with Gasteiger partial charge >= 0.3 is 12.0 Å². The van der Waals surface area contributed by atoms with Crippen molar-refractivity contribution in [1.82, 2.24) is 5.32 Å². The Morgan fingerprint density at radius 2 is 1.56 bits per heavy atom. The summed E-state index contributed by atoms with van der Waals surface area (Å²) < 4.78 is 12.4. The molecule has 0 spiro atoms. The molecule has 0 aliphatic carbocycles. The van der Waals surface area contributed by atoms with Gasteiger partial charge in [-0.05, 0) is 53.9 Å². The molecular formula is C28H30N4O6S. The summed E-state index contributed by atoms with van der Waals surface area (Å²) in [6, 6.07) is 17.6. The molecule has 0 aromatic heterocycles. The number of anilines is 3. The van der Waals surface area contributed by atoms with Crippen LogP contribution in [0.3, 0.4) is 0 Å². The Morgan fingerprint density at radius 3 is 2.18 bits per heavy atom. The Hall–Kier alpha value is -4.51. The molecule has 0 saturated carbocycles. The molecule has 0 saturated heterocycles. The van der Waals surface area contributed by atoms with E-state index < -0.39 is 28.8 Å². The smallest absolute Gasteiger partial charge is 0.323 e. The highest BCUT2D eigenvalue weighted by Gasteiger charge is 2.17. The van der Waals surface area contributed by atoms with E-state index in [1.807, 2.05) is 25.1 Å². The van der Waals surface area contributed by atoms with Crippen LogP contribution in [0, 0.1) is 6.92 Å². The molecule has 0 aliphatic rings. The third-order valence-electron chi connectivity index (χ3n) is 5.71. The summed E-state index contributed by atoms with van der Waals surface area (Å²) in [5.74, 6) is -1.72. The van der Waals surface area contributed by atoms with E-state index in [4.69, 9.17) is 5.11 Å². The van der Waals surface area contributed by atoms with Crippen LogP contribution in [0.4, 0.5) is 21.9 Å². The van der Waals surface area contributed by atoms with Crippen LogP contribution in [0.15, 0.2) is 71.6 Å². The van der Waals surface area contributed by atoms with Crippen molar-refractivity contribution in [2.24, 2.45) is 0 Å². The topological polar surface area (TPSA) is 154 Å². The highest BCUT2D eigenvalue weighted by Crippen LogP contribution is 2.23. The van der Waals surface area contributed by atoms with Crippen LogP contribution in [0.5, 0.6) is 0 Å². The number of carbonyl (C=O) groups excluding carboxylic acids is 3. The van der Waals surface area contributed by atoms with Gasteiger partial charge < -0.3 is 26.4 Å². The van der Waals surface area contributed by atoms with Gasteiger partial charge in [-0.1, -0.05) is 36.4 Å². The van der Waals surface area contributed by atoms with Crippen molar-refractivity contribution >= 4 is 51.7 Å². The summed E-state index contributed by atoms with van der Waals surface area (Å²) in [6.45, 7) is 3.18. The molecule has 4 amide bonds. The number of hydrogen-bond donors (Lipinski definition) is 5. The fourth-order valence-electron chi connectivity index (χ4n) is 3.87. The van der Waals surface area contributed by atoms with Crippen LogP contribution in [0.25, 0.3) is 0 Å². The average Bonchev–Trinajstić information content (AvgIpc) is 2.85. The Morgan fingerprint density at radius 1 is 0.897 bits per heavy atom. The first-order valence-corrected chi connectivity index (χ1v) is 13.6. The summed E-state index contributed by atoms with van der Waals surface area (Å²) in [6.07, 6.45) is 1.21. The summed E-state index contributed by atoms with van der Waals surface area (Å²) in [5.41, 5.74) is 3.61. The highest BCUT2D eigenvalue weighted by atomic mass is 32.2. The number of aliphatic carboxylic acids is 1. The van der Waals surface area contributed by atoms with Crippen molar-refractivity contribution in [3.05, 3.63) is 83.4 Å². The number of nitrogens with one attached hydrogen (secondary N) is 4. The molecule has 5 N–H and O–H groups in total. The zero-order valence-corrected chi connectivity index (χ0v) is 22.6. The first kappa shape index (κ1) is 29.1. The van der Waals surface area contributed by atoms with Crippen LogP contribution in [0.2, 0.25) is 0 Å². The van der Waals surface area contributed by atoms with E-state index in [0.29, 0.717) is 33.1 Å². The summed E-state index contributed by atoms with van der Waals surface area (Å²) in [4.78, 5) is 48.1. The van der Waals surface area contributed by atoms with Crippen LogP contribution in [-0.4, -0.2) is 39.4 Å². The van der Waals surface area contributed by atoms with Crippen molar-refractivity contribution in [3.8, 4) is 0 Å². The molecule has 0 heterocycles. The van der Waals surface area contributed by atoms with E-state index >= 15 is 0 Å². The molecule has 10 nitrogen and oxygen atoms in total. The molecule has 0 aliphatic heterocycles. The number of aryl methyl sites for hydroxylation is 1. The number of benzene rings is 3. The van der Waals surface area contributed by atoms with E-state index in [1.54, 1.807) is 48.5 Å². The van der Waals surface area contributed by atoms with Gasteiger partial charge in [0, 0.05) is 24.6 Å². The molecule has 0 fully saturated rings.